The summed E-state index contributed by atoms with van der Waals surface area (Å²) in [6, 6.07) is 3.71. The summed E-state index contributed by atoms with van der Waals surface area (Å²) in [5, 5.41) is 8.69. The molecule has 0 aromatic heterocycles. The maximum atomic E-state index is 15.1. The highest BCUT2D eigenvalue weighted by molar-refractivity contribution is 6.56. The fourth-order valence-electron chi connectivity index (χ4n) is 7.59. The fraction of sp³-hybridized carbons (Fsp3) is 0.0278. The van der Waals surface area contributed by atoms with Crippen molar-refractivity contribution in [2.75, 3.05) is 9.80 Å². The summed E-state index contributed by atoms with van der Waals surface area (Å²) in [4.78, 5) is 41.5. The van der Waals surface area contributed by atoms with Gasteiger partial charge in [0.2, 0.25) is 11.6 Å². The maximum Gasteiger partial charge on any atom is 0.266 e. The van der Waals surface area contributed by atoms with Crippen LogP contribution in [-0.2, 0) is 0 Å². The van der Waals surface area contributed by atoms with Gasteiger partial charge in [0.25, 0.3) is 17.7 Å². The van der Waals surface area contributed by atoms with Gasteiger partial charge in [-0.3, -0.25) is 19.3 Å². The van der Waals surface area contributed by atoms with Crippen molar-refractivity contribution in [3.8, 4) is 0 Å². The Hall–Kier alpha value is -5.13. The molecule has 3 amide bonds. The molecule has 0 saturated carbocycles. The second-order valence-electron chi connectivity index (χ2n) is 12.5. The predicted molar refractivity (Wildman–Crippen MR) is 183 cm³/mol. The van der Waals surface area contributed by atoms with Crippen molar-refractivity contribution in [3.63, 3.8) is 0 Å². The molecule has 1 atom stereocenters. The Bertz CT molecular complexity index is 3010. The number of aliphatic hydroxyl groups is 1. The monoisotopic (exact) mass is 860 g/mol. The minimum Gasteiger partial charge on any atom is -0.369 e. The molecule has 0 fully saturated rings. The Kier molecular flexibility index (Phi) is 7.63. The lowest BCUT2D eigenvalue weighted by Gasteiger charge is -2.35. The minimum absolute atomic E-state index is 0.0855. The molecule has 7 aromatic carbocycles. The van der Waals surface area contributed by atoms with E-state index in [4.69, 9.17) is 46.4 Å². The predicted octanol–water partition coefficient (Wildman–Crippen LogP) is 11.2. The first-order valence-corrected chi connectivity index (χ1v) is 16.8. The Labute approximate surface area is 321 Å². The van der Waals surface area contributed by atoms with Crippen molar-refractivity contribution in [1.82, 2.24) is 0 Å². The van der Waals surface area contributed by atoms with Gasteiger partial charge in [0, 0.05) is 74.3 Å². The molecule has 1 unspecified atom stereocenters. The van der Waals surface area contributed by atoms with E-state index in [1.54, 1.807) is 0 Å². The highest BCUT2D eigenvalue weighted by Gasteiger charge is 2.44. The quantitative estimate of drug-likeness (QED) is 0.0469. The average molecular weight is 862 g/mol. The van der Waals surface area contributed by atoms with E-state index in [1.807, 2.05) is 0 Å². The van der Waals surface area contributed by atoms with Crippen molar-refractivity contribution in [2.24, 2.45) is 0 Å². The molecule has 9 rings (SSSR count). The number of benzene rings is 7. The fourth-order valence-corrected chi connectivity index (χ4v) is 8.79. The zero-order valence-corrected chi connectivity index (χ0v) is 29.3. The van der Waals surface area contributed by atoms with Crippen LogP contribution in [0.25, 0.3) is 43.1 Å². The number of aliphatic hydroxyl groups excluding tert-OH is 1. The van der Waals surface area contributed by atoms with E-state index in [2.05, 4.69) is 0 Å². The number of nitrogens with zero attached hydrogens (tertiary/aromatic N) is 2. The second-order valence-corrected chi connectivity index (χ2v) is 14.1. The number of carbonyl (C=O) groups excluding carboxylic acids is 3. The molecular weight excluding hydrogens is 856 g/mol. The Morgan fingerprint density at radius 3 is 1.14 bits per heavy atom. The molecule has 2 aliphatic rings. The molecule has 0 spiro atoms. The van der Waals surface area contributed by atoms with Crippen LogP contribution in [0.4, 0.5) is 55.3 Å². The van der Waals surface area contributed by atoms with Crippen LogP contribution in [0, 0.1) is 58.2 Å². The SMILES string of the molecule is O=C1c2cc(Cl)c3c4c(Cl)cc5c6c(cc(Cl)c(c7c(Cl)cc(c2c37)C(=O)N1c1c(F)c(F)c(F)c(F)c1F)c64)C(O)N(c1c(F)c(F)c(F)c(F)c1F)C5=O. The molecular formula is C36H6Cl4F10N2O4. The van der Waals surface area contributed by atoms with E-state index in [-0.39, 0.29) is 57.9 Å². The van der Waals surface area contributed by atoms with Crippen molar-refractivity contribution in [3.05, 3.63) is 125 Å². The van der Waals surface area contributed by atoms with Gasteiger partial charge in [-0.1, -0.05) is 46.4 Å². The largest absolute Gasteiger partial charge is 0.369 e. The van der Waals surface area contributed by atoms with E-state index in [1.165, 1.54) is 0 Å². The molecule has 56 heavy (non-hydrogen) atoms. The molecule has 20 heteroatoms. The first kappa shape index (κ1) is 36.5. The number of amides is 3. The Balaban J connectivity index is 1.38. The summed E-state index contributed by atoms with van der Waals surface area (Å²) in [7, 11) is 0. The standard InChI is InChI=1S/C36H6Cl4F10N2O4/c37-9-1-5-13-6(34(54)51(33(5)53)31-27(47)23(43)21(41)24(44)28(31)48)2-11(39)17-18-12(40)4-8-14-7(3-10(38)16(20(14)18)15(9)19(13)17)35(55)52(36(8)56)32-29(49)25(45)22(42)26(46)30(32)50/h1-4,33,53H. The summed E-state index contributed by atoms with van der Waals surface area (Å²) in [6.45, 7) is 0. The van der Waals surface area contributed by atoms with Gasteiger partial charge in [0.1, 0.15) is 11.4 Å². The first-order valence-electron chi connectivity index (χ1n) is 15.2. The van der Waals surface area contributed by atoms with Crippen LogP contribution in [0.1, 0.15) is 42.9 Å². The zero-order valence-electron chi connectivity index (χ0n) is 26.2. The van der Waals surface area contributed by atoms with E-state index >= 15 is 17.6 Å². The highest BCUT2D eigenvalue weighted by atomic mass is 35.5. The lowest BCUT2D eigenvalue weighted by Crippen LogP contribution is -2.42. The zero-order chi connectivity index (χ0) is 40.5. The number of hydrogen-bond acceptors (Lipinski definition) is 4. The third-order valence-corrected chi connectivity index (χ3v) is 11.0. The number of carbonyl (C=O) groups is 3. The summed E-state index contributed by atoms with van der Waals surface area (Å²) in [5.41, 5.74) is -5.81. The summed E-state index contributed by atoms with van der Waals surface area (Å²) in [5.74, 6) is -29.4. The average Bonchev–Trinajstić information content (AvgIpc) is 3.16. The van der Waals surface area contributed by atoms with Gasteiger partial charge in [-0.2, -0.15) is 0 Å². The van der Waals surface area contributed by atoms with Crippen molar-refractivity contribution in [1.29, 1.82) is 0 Å². The molecule has 7 aromatic rings. The molecule has 1 N–H and O–H groups in total. The second kappa shape index (κ2) is 11.7. The number of hydrogen-bond donors (Lipinski definition) is 1. The first-order chi connectivity index (χ1) is 26.3. The minimum atomic E-state index is -2.56. The molecule has 0 aliphatic carbocycles. The molecule has 6 nitrogen and oxygen atoms in total. The van der Waals surface area contributed by atoms with E-state index in [0.717, 1.165) is 24.3 Å². The number of imide groups is 1. The summed E-state index contributed by atoms with van der Waals surface area (Å²) >= 11 is 27.1. The number of fused-ring (bicyclic) bond motifs is 2. The summed E-state index contributed by atoms with van der Waals surface area (Å²) < 4.78 is 145. The molecule has 0 bridgehead atoms. The number of halogens is 14. The lowest BCUT2D eigenvalue weighted by molar-refractivity contribution is 0.0866. The van der Waals surface area contributed by atoms with Gasteiger partial charge in [-0.25, -0.2) is 48.8 Å². The third kappa shape index (κ3) is 4.22. The number of anilines is 2. The molecule has 0 saturated heterocycles. The normalized spacial score (nSPS) is 15.6. The number of rotatable bonds is 2. The van der Waals surface area contributed by atoms with Gasteiger partial charge in [-0.15, -0.1) is 0 Å². The van der Waals surface area contributed by atoms with Gasteiger partial charge in [0.05, 0.1) is 11.1 Å². The summed E-state index contributed by atoms with van der Waals surface area (Å²) in [6.07, 6.45) is -2.46. The van der Waals surface area contributed by atoms with E-state index in [9.17, 15) is 45.8 Å². The van der Waals surface area contributed by atoms with Crippen LogP contribution >= 0.6 is 46.4 Å². The van der Waals surface area contributed by atoms with Crippen molar-refractivity contribution >= 4 is 119 Å². The Morgan fingerprint density at radius 2 is 0.732 bits per heavy atom. The van der Waals surface area contributed by atoms with Crippen LogP contribution in [0.2, 0.25) is 20.1 Å². The highest BCUT2D eigenvalue weighted by Crippen LogP contribution is 2.55. The molecule has 282 valence electrons. The Morgan fingerprint density at radius 1 is 0.411 bits per heavy atom. The molecule has 0 radical (unpaired) electrons. The smallest absolute Gasteiger partial charge is 0.266 e. The van der Waals surface area contributed by atoms with Crippen molar-refractivity contribution in [2.45, 2.75) is 6.23 Å². The van der Waals surface area contributed by atoms with Gasteiger partial charge >= 0.3 is 0 Å². The van der Waals surface area contributed by atoms with E-state index < -0.39 is 131 Å². The van der Waals surface area contributed by atoms with Crippen LogP contribution in [0.5, 0.6) is 0 Å². The van der Waals surface area contributed by atoms with Crippen LogP contribution in [0.15, 0.2) is 24.3 Å². The molecule has 2 aliphatic heterocycles. The third-order valence-electron chi connectivity index (χ3n) is 9.82. The van der Waals surface area contributed by atoms with Crippen LogP contribution in [-0.4, -0.2) is 22.8 Å². The van der Waals surface area contributed by atoms with Gasteiger partial charge < -0.3 is 5.11 Å². The van der Waals surface area contributed by atoms with E-state index in [0.29, 0.717) is 0 Å². The topological polar surface area (TPSA) is 77.9 Å². The van der Waals surface area contributed by atoms with Gasteiger partial charge in [-0.05, 0) is 24.3 Å². The van der Waals surface area contributed by atoms with Crippen LogP contribution in [0.3, 0.4) is 0 Å². The lowest BCUT2D eigenvalue weighted by atomic mass is 9.81. The van der Waals surface area contributed by atoms with Crippen LogP contribution < -0.4 is 9.80 Å². The van der Waals surface area contributed by atoms with Gasteiger partial charge in [0.15, 0.2) is 52.8 Å². The maximum absolute atomic E-state index is 15.1. The van der Waals surface area contributed by atoms with Crippen molar-refractivity contribution < 1.29 is 63.4 Å². The molecule has 2 heterocycles.